The van der Waals surface area contributed by atoms with E-state index in [0.29, 0.717) is 16.6 Å². The first-order chi connectivity index (χ1) is 20.6. The molecule has 2 atom stereocenters. The van der Waals surface area contributed by atoms with Crippen molar-refractivity contribution in [3.63, 3.8) is 0 Å². The molecular formula is C29H25ClF4N4O5S. The summed E-state index contributed by atoms with van der Waals surface area (Å²) >= 11 is 7.23. The van der Waals surface area contributed by atoms with Gasteiger partial charge in [-0.25, -0.2) is 14.4 Å². The second-order valence-electron chi connectivity index (χ2n) is 10.4. The molecule has 0 fully saturated rings. The summed E-state index contributed by atoms with van der Waals surface area (Å²) in [6.45, 7) is 1.58. The number of hydrogen-bond donors (Lipinski definition) is 3. The van der Waals surface area contributed by atoms with Crippen LogP contribution in [-0.2, 0) is 22.2 Å². The number of primary amides is 1. The quantitative estimate of drug-likeness (QED) is 0.227. The zero-order chi connectivity index (χ0) is 32.2. The number of rotatable bonds is 8. The third-order valence-electron chi connectivity index (χ3n) is 7.50. The summed E-state index contributed by atoms with van der Waals surface area (Å²) in [4.78, 5) is 34.1. The standard InChI is InChI=1S/C29H25ClF4N4O5S/c1-4-21-38-23-18(42-3)8-14(9-19(23)44-21)25(39)36-11-28(41,29(32,33)34)20-10-15-24(43-12-27(15,2)26(35)40)22(37-20)13-5-6-17(31)16(30)7-13/h5-10,41H,4,11-12H2,1-3H3,(H2,35,40)(H,36,39)/t27-,28?/m0/s1. The first-order valence-electron chi connectivity index (χ1n) is 13.1. The summed E-state index contributed by atoms with van der Waals surface area (Å²) in [7, 11) is 1.37. The lowest BCUT2D eigenvalue weighted by atomic mass is 9.81. The molecule has 44 heavy (non-hydrogen) atoms. The first kappa shape index (κ1) is 31.4. The highest BCUT2D eigenvalue weighted by molar-refractivity contribution is 7.18. The number of aliphatic hydroxyl groups is 1. The first-order valence-corrected chi connectivity index (χ1v) is 14.3. The highest BCUT2D eigenvalue weighted by Gasteiger charge is 2.57. The highest BCUT2D eigenvalue weighted by atomic mass is 35.5. The number of pyridine rings is 1. The molecule has 4 N–H and O–H groups in total. The Morgan fingerprint density at radius 1 is 1.23 bits per heavy atom. The lowest BCUT2D eigenvalue weighted by Gasteiger charge is -2.31. The SMILES string of the molecule is CCc1nc2c(OC)cc(C(=O)NCC(O)(c3cc4c(c(-c5ccc(F)c(Cl)c5)n3)OC[C@]4(C)C(N)=O)C(F)(F)F)cc2s1. The van der Waals surface area contributed by atoms with Crippen LogP contribution in [0.15, 0.2) is 36.4 Å². The number of fused-ring (bicyclic) bond motifs is 2. The molecule has 2 aromatic carbocycles. The maximum absolute atomic E-state index is 14.7. The molecule has 232 valence electrons. The second kappa shape index (κ2) is 11.2. The van der Waals surface area contributed by atoms with Gasteiger partial charge < -0.3 is 25.6 Å². The predicted octanol–water partition coefficient (Wildman–Crippen LogP) is 5.04. The molecule has 0 radical (unpaired) electrons. The molecular weight excluding hydrogens is 628 g/mol. The maximum atomic E-state index is 14.7. The number of alkyl halides is 3. The van der Waals surface area contributed by atoms with Gasteiger partial charge in [-0.1, -0.05) is 18.5 Å². The van der Waals surface area contributed by atoms with Crippen molar-refractivity contribution >= 4 is 45.0 Å². The van der Waals surface area contributed by atoms with E-state index in [1.807, 2.05) is 6.92 Å². The van der Waals surface area contributed by atoms with E-state index in [2.05, 4.69) is 15.3 Å². The van der Waals surface area contributed by atoms with Crippen molar-refractivity contribution in [2.24, 2.45) is 5.73 Å². The van der Waals surface area contributed by atoms with E-state index in [1.54, 1.807) is 0 Å². The van der Waals surface area contributed by atoms with Crippen molar-refractivity contribution in [3.8, 4) is 22.8 Å². The van der Waals surface area contributed by atoms with E-state index >= 15 is 0 Å². The minimum atomic E-state index is -5.38. The number of methoxy groups -OCH3 is 1. The molecule has 3 heterocycles. The number of nitrogens with two attached hydrogens (primary N) is 1. The fraction of sp³-hybridized carbons (Fsp3) is 0.310. The van der Waals surface area contributed by atoms with E-state index in [0.717, 1.165) is 23.2 Å². The molecule has 2 amide bonds. The molecule has 5 rings (SSSR count). The molecule has 1 aliphatic rings. The van der Waals surface area contributed by atoms with Crippen LogP contribution in [0, 0.1) is 5.82 Å². The van der Waals surface area contributed by atoms with Crippen molar-refractivity contribution in [2.45, 2.75) is 37.5 Å². The van der Waals surface area contributed by atoms with Crippen LogP contribution >= 0.6 is 22.9 Å². The topological polar surface area (TPSA) is 137 Å². The summed E-state index contributed by atoms with van der Waals surface area (Å²) in [5.74, 6) is -2.46. The summed E-state index contributed by atoms with van der Waals surface area (Å²) in [6.07, 6.45) is -4.75. The Balaban J connectivity index is 1.59. The number of amides is 2. The number of carbonyl (C=O) groups excluding carboxylic acids is 2. The fourth-order valence-electron chi connectivity index (χ4n) is 4.77. The van der Waals surface area contributed by atoms with Crippen molar-refractivity contribution in [1.82, 2.24) is 15.3 Å². The minimum Gasteiger partial charge on any atom is -0.494 e. The van der Waals surface area contributed by atoms with E-state index in [1.165, 1.54) is 43.6 Å². The number of thiazole rings is 1. The van der Waals surface area contributed by atoms with Crippen LogP contribution in [0.2, 0.25) is 5.02 Å². The average molecular weight is 653 g/mol. The Morgan fingerprint density at radius 3 is 2.57 bits per heavy atom. The zero-order valence-electron chi connectivity index (χ0n) is 23.4. The van der Waals surface area contributed by atoms with Gasteiger partial charge in [0.25, 0.3) is 5.91 Å². The van der Waals surface area contributed by atoms with Crippen LogP contribution in [0.5, 0.6) is 11.5 Å². The molecule has 1 aliphatic heterocycles. The van der Waals surface area contributed by atoms with Crippen LogP contribution in [0.1, 0.15) is 40.5 Å². The molecule has 4 aromatic rings. The number of benzene rings is 2. The van der Waals surface area contributed by atoms with Crippen LogP contribution in [0.4, 0.5) is 17.6 Å². The van der Waals surface area contributed by atoms with Crippen LogP contribution in [-0.4, -0.2) is 53.3 Å². The van der Waals surface area contributed by atoms with Crippen molar-refractivity contribution < 1.29 is 41.7 Å². The molecule has 1 unspecified atom stereocenters. The molecule has 2 aromatic heterocycles. The van der Waals surface area contributed by atoms with Gasteiger partial charge in [0.15, 0.2) is 0 Å². The van der Waals surface area contributed by atoms with E-state index in [9.17, 15) is 32.3 Å². The largest absolute Gasteiger partial charge is 0.494 e. The summed E-state index contributed by atoms with van der Waals surface area (Å²) in [5.41, 5.74) is -0.509. The summed E-state index contributed by atoms with van der Waals surface area (Å²) < 4.78 is 69.6. The fourth-order valence-corrected chi connectivity index (χ4v) is 5.91. The lowest BCUT2D eigenvalue weighted by Crippen LogP contribution is -2.51. The Hall–Kier alpha value is -4.01. The normalized spacial score (nSPS) is 17.6. The summed E-state index contributed by atoms with van der Waals surface area (Å²) in [5, 5.41) is 13.8. The number of aromatic nitrogens is 2. The monoisotopic (exact) mass is 652 g/mol. The molecule has 0 saturated carbocycles. The number of aryl methyl sites for hydroxylation is 1. The Morgan fingerprint density at radius 2 is 1.95 bits per heavy atom. The van der Waals surface area contributed by atoms with Gasteiger partial charge >= 0.3 is 6.18 Å². The van der Waals surface area contributed by atoms with Crippen LogP contribution < -0.4 is 20.5 Å². The van der Waals surface area contributed by atoms with Crippen molar-refractivity contribution in [1.29, 1.82) is 0 Å². The number of carbonyl (C=O) groups is 2. The smallest absolute Gasteiger partial charge is 0.424 e. The molecule has 9 nitrogen and oxygen atoms in total. The zero-order valence-corrected chi connectivity index (χ0v) is 25.0. The number of nitrogens with one attached hydrogen (secondary N) is 1. The van der Waals surface area contributed by atoms with Gasteiger partial charge in [-0.15, -0.1) is 11.3 Å². The highest BCUT2D eigenvalue weighted by Crippen LogP contribution is 2.48. The molecule has 0 aliphatic carbocycles. The van der Waals surface area contributed by atoms with Crippen molar-refractivity contribution in [2.75, 3.05) is 20.3 Å². The van der Waals surface area contributed by atoms with Gasteiger partial charge in [0.05, 0.1) is 34.1 Å². The van der Waals surface area contributed by atoms with Gasteiger partial charge in [-0.3, -0.25) is 9.59 Å². The Labute approximate surface area is 257 Å². The molecule has 0 bridgehead atoms. The second-order valence-corrected chi connectivity index (χ2v) is 11.9. The lowest BCUT2D eigenvalue weighted by molar-refractivity contribution is -0.265. The van der Waals surface area contributed by atoms with Gasteiger partial charge in [-0.05, 0) is 49.7 Å². The van der Waals surface area contributed by atoms with E-state index in [4.69, 9.17) is 26.8 Å². The molecule has 0 saturated heterocycles. The third-order valence-corrected chi connectivity index (χ3v) is 8.93. The molecule has 0 spiro atoms. The molecule has 15 heteroatoms. The maximum Gasteiger partial charge on any atom is 0.424 e. The van der Waals surface area contributed by atoms with Gasteiger partial charge in [0, 0.05) is 16.7 Å². The number of halogens is 5. The van der Waals surface area contributed by atoms with Gasteiger partial charge in [0.1, 0.15) is 40.5 Å². The number of nitrogens with zero attached hydrogens (tertiary/aromatic N) is 2. The van der Waals surface area contributed by atoms with Crippen LogP contribution in [0.25, 0.3) is 21.5 Å². The van der Waals surface area contributed by atoms with Gasteiger partial charge in [-0.2, -0.15) is 13.2 Å². The minimum absolute atomic E-state index is 0.0246. The Bertz CT molecular complexity index is 1820. The third kappa shape index (κ3) is 5.20. The number of ether oxygens (including phenoxy) is 2. The van der Waals surface area contributed by atoms with Gasteiger partial charge in [0.2, 0.25) is 11.5 Å². The van der Waals surface area contributed by atoms with E-state index in [-0.39, 0.29) is 45.5 Å². The van der Waals surface area contributed by atoms with Crippen molar-refractivity contribution in [3.05, 3.63) is 69.1 Å². The average Bonchev–Trinajstić information content (AvgIpc) is 3.57. The Kier molecular flexibility index (Phi) is 7.97. The number of hydrogen-bond acceptors (Lipinski definition) is 8. The predicted molar refractivity (Wildman–Crippen MR) is 155 cm³/mol. The summed E-state index contributed by atoms with van der Waals surface area (Å²) in [6, 6.07) is 6.99. The van der Waals surface area contributed by atoms with Crippen LogP contribution in [0.3, 0.4) is 0 Å². The van der Waals surface area contributed by atoms with E-state index < -0.39 is 47.1 Å².